The quantitative estimate of drug-likeness (QED) is 0.371. The molecule has 2 heterocycles. The van der Waals surface area contributed by atoms with Gasteiger partial charge in [-0.3, -0.25) is 9.59 Å². The van der Waals surface area contributed by atoms with Gasteiger partial charge in [0.15, 0.2) is 0 Å². The van der Waals surface area contributed by atoms with E-state index in [1.807, 2.05) is 30.3 Å². The highest BCUT2D eigenvalue weighted by molar-refractivity contribution is 7.89. The van der Waals surface area contributed by atoms with Crippen molar-refractivity contribution in [3.8, 4) is 0 Å². The van der Waals surface area contributed by atoms with Gasteiger partial charge in [0.25, 0.3) is 0 Å². The molecule has 0 unspecified atom stereocenters. The number of carbonyl (C=O) groups excluding carboxylic acids is 2. The molecular formula is C26H32N4O6S. The van der Waals surface area contributed by atoms with Gasteiger partial charge in [-0.2, -0.15) is 4.31 Å². The first-order valence-corrected chi connectivity index (χ1v) is 13.9. The summed E-state index contributed by atoms with van der Waals surface area (Å²) in [5.74, 6) is -2.89. The molecule has 4 N–H and O–H groups in total. The van der Waals surface area contributed by atoms with Crippen molar-refractivity contribution in [2.45, 2.75) is 49.2 Å². The van der Waals surface area contributed by atoms with Crippen LogP contribution in [0.2, 0.25) is 0 Å². The summed E-state index contributed by atoms with van der Waals surface area (Å²) in [4.78, 5) is 37.3. The van der Waals surface area contributed by atoms with Crippen molar-refractivity contribution in [2.24, 2.45) is 11.8 Å². The molecule has 11 heteroatoms. The fourth-order valence-electron chi connectivity index (χ4n) is 5.13. The summed E-state index contributed by atoms with van der Waals surface area (Å²) in [7, 11) is -3.90. The van der Waals surface area contributed by atoms with Crippen molar-refractivity contribution < 1.29 is 27.9 Å². The maximum Gasteiger partial charge on any atom is 0.315 e. The first kappa shape index (κ1) is 26.6. The van der Waals surface area contributed by atoms with E-state index in [9.17, 15) is 27.9 Å². The Morgan fingerprint density at radius 3 is 2.08 bits per heavy atom. The maximum atomic E-state index is 13.5. The van der Waals surface area contributed by atoms with Gasteiger partial charge in [-0.05, 0) is 49.3 Å². The second-order valence-electron chi connectivity index (χ2n) is 9.49. The Balaban J connectivity index is 1.37. The van der Waals surface area contributed by atoms with Crippen LogP contribution in [0.25, 0.3) is 0 Å². The number of benzene rings is 2. The Morgan fingerprint density at radius 2 is 1.46 bits per heavy atom. The number of fused-ring (bicyclic) bond motifs is 3. The molecule has 2 aromatic rings. The average molecular weight is 529 g/mol. The summed E-state index contributed by atoms with van der Waals surface area (Å²) >= 11 is 0. The second kappa shape index (κ2) is 11.7. The zero-order chi connectivity index (χ0) is 26.4. The predicted octanol–water partition coefficient (Wildman–Crippen LogP) is 1.93. The first-order valence-electron chi connectivity index (χ1n) is 12.4. The van der Waals surface area contributed by atoms with E-state index in [1.165, 1.54) is 16.4 Å². The maximum absolute atomic E-state index is 13.5. The number of carboxylic acids is 1. The van der Waals surface area contributed by atoms with Crippen LogP contribution >= 0.6 is 0 Å². The Morgan fingerprint density at radius 1 is 0.865 bits per heavy atom. The Hall–Kier alpha value is -3.44. The van der Waals surface area contributed by atoms with Gasteiger partial charge in [0, 0.05) is 25.7 Å². The highest BCUT2D eigenvalue weighted by Gasteiger charge is 2.50. The summed E-state index contributed by atoms with van der Waals surface area (Å²) < 4.78 is 28.3. The molecule has 37 heavy (non-hydrogen) atoms. The first-order chi connectivity index (χ1) is 17.8. The minimum atomic E-state index is -3.90. The monoisotopic (exact) mass is 528 g/mol. The number of rotatable bonds is 10. The number of aliphatic carboxylic acids is 1. The van der Waals surface area contributed by atoms with Crippen LogP contribution in [0.1, 0.15) is 31.2 Å². The van der Waals surface area contributed by atoms with Crippen LogP contribution < -0.4 is 16.0 Å². The van der Waals surface area contributed by atoms with Crippen LogP contribution in [0.4, 0.5) is 4.79 Å². The Kier molecular flexibility index (Phi) is 8.45. The van der Waals surface area contributed by atoms with Gasteiger partial charge in [0.05, 0.1) is 10.8 Å². The number of nitrogens with one attached hydrogen (secondary N) is 3. The third-order valence-corrected chi connectivity index (χ3v) is 9.03. The number of carbonyl (C=O) groups is 3. The third-order valence-electron chi connectivity index (χ3n) is 7.09. The summed E-state index contributed by atoms with van der Waals surface area (Å²) in [5, 5.41) is 17.5. The summed E-state index contributed by atoms with van der Waals surface area (Å²) in [6.45, 7) is -0.143. The summed E-state index contributed by atoms with van der Waals surface area (Å²) in [6, 6.07) is 15.6. The van der Waals surface area contributed by atoms with Gasteiger partial charge in [-0.1, -0.05) is 48.5 Å². The number of carboxylic acid groups (broad SMARTS) is 1. The van der Waals surface area contributed by atoms with Gasteiger partial charge in [0.2, 0.25) is 15.9 Å². The molecule has 5 rings (SSSR count). The molecule has 1 saturated carbocycles. The number of sulfonamides is 1. The van der Waals surface area contributed by atoms with Gasteiger partial charge in [0.1, 0.15) is 6.04 Å². The third kappa shape index (κ3) is 6.28. The largest absolute Gasteiger partial charge is 0.481 e. The summed E-state index contributed by atoms with van der Waals surface area (Å²) in [5.41, 5.74) is 0.900. The van der Waals surface area contributed by atoms with Gasteiger partial charge in [-0.25, -0.2) is 13.2 Å². The second-order valence-corrected chi connectivity index (χ2v) is 11.3. The molecule has 2 bridgehead atoms. The van der Waals surface area contributed by atoms with Crippen molar-refractivity contribution in [3.63, 3.8) is 0 Å². The molecule has 0 spiro atoms. The van der Waals surface area contributed by atoms with Crippen molar-refractivity contribution in [1.82, 2.24) is 20.3 Å². The molecule has 0 aromatic heterocycles. The van der Waals surface area contributed by atoms with Crippen LogP contribution in [0.5, 0.6) is 0 Å². The minimum Gasteiger partial charge on any atom is -0.481 e. The molecule has 198 valence electrons. The molecule has 2 aliphatic heterocycles. The number of hydrogen-bond acceptors (Lipinski definition) is 5. The lowest BCUT2D eigenvalue weighted by Crippen LogP contribution is -2.62. The highest BCUT2D eigenvalue weighted by atomic mass is 32.2. The van der Waals surface area contributed by atoms with E-state index in [1.54, 1.807) is 18.2 Å². The van der Waals surface area contributed by atoms with E-state index in [2.05, 4.69) is 16.0 Å². The number of hydrogen-bond donors (Lipinski definition) is 4. The van der Waals surface area contributed by atoms with E-state index in [0.29, 0.717) is 12.8 Å². The van der Waals surface area contributed by atoms with E-state index in [4.69, 9.17) is 0 Å². The molecule has 3 aliphatic rings. The van der Waals surface area contributed by atoms with Crippen LogP contribution in [-0.4, -0.2) is 60.9 Å². The smallest absolute Gasteiger partial charge is 0.315 e. The minimum absolute atomic E-state index is 0.131. The molecule has 2 saturated heterocycles. The fourth-order valence-corrected chi connectivity index (χ4v) is 7.04. The number of amides is 3. The normalized spacial score (nSPS) is 22.1. The van der Waals surface area contributed by atoms with Gasteiger partial charge in [-0.15, -0.1) is 0 Å². The SMILES string of the molecule is O=C(NCc1ccccc1)NC[C@H](CNC(=O)[C@@H]1C2CCC(CC2)N1S(=O)(=O)c1ccccc1)C(=O)O. The van der Waals surface area contributed by atoms with Gasteiger partial charge < -0.3 is 21.1 Å². The predicted molar refractivity (Wildman–Crippen MR) is 136 cm³/mol. The molecule has 1 aliphatic carbocycles. The molecule has 2 atom stereocenters. The molecule has 2 aromatic carbocycles. The molecule has 0 radical (unpaired) electrons. The van der Waals surface area contributed by atoms with E-state index in [0.717, 1.165) is 18.4 Å². The van der Waals surface area contributed by atoms with Crippen LogP contribution in [0.3, 0.4) is 0 Å². The highest BCUT2D eigenvalue weighted by Crippen LogP contribution is 2.42. The van der Waals surface area contributed by atoms with Crippen molar-refractivity contribution in [3.05, 3.63) is 66.2 Å². The van der Waals surface area contributed by atoms with Crippen molar-refractivity contribution in [1.29, 1.82) is 0 Å². The Labute approximate surface area is 216 Å². The fraction of sp³-hybridized carbons (Fsp3) is 0.423. The zero-order valence-corrected chi connectivity index (χ0v) is 21.2. The molecule has 3 amide bonds. The van der Waals surface area contributed by atoms with E-state index >= 15 is 0 Å². The Bertz CT molecular complexity index is 1200. The topological polar surface area (TPSA) is 145 Å². The van der Waals surface area contributed by atoms with Crippen LogP contribution in [0, 0.1) is 11.8 Å². The molecule has 10 nitrogen and oxygen atoms in total. The average Bonchev–Trinajstić information content (AvgIpc) is 2.92. The lowest BCUT2D eigenvalue weighted by atomic mass is 9.76. The lowest BCUT2D eigenvalue weighted by molar-refractivity contribution is -0.141. The summed E-state index contributed by atoms with van der Waals surface area (Å²) in [6.07, 6.45) is 2.88. The number of piperidine rings is 2. The molecular weight excluding hydrogens is 496 g/mol. The zero-order valence-electron chi connectivity index (χ0n) is 20.4. The standard InChI is InChI=1S/C26H32N4O6S/c31-24(27-16-20(25(32)33)17-29-26(34)28-15-18-7-3-1-4-8-18)23-19-11-13-21(14-12-19)30(23)37(35,36)22-9-5-2-6-10-22/h1-10,19-21,23H,11-17H2,(H,27,31)(H,32,33)(H2,28,29,34)/t19?,20-,21?,23-/m0/s1. The van der Waals surface area contributed by atoms with E-state index in [-0.39, 0.29) is 36.5 Å². The number of urea groups is 1. The van der Waals surface area contributed by atoms with Crippen LogP contribution in [-0.2, 0) is 26.2 Å². The van der Waals surface area contributed by atoms with Gasteiger partial charge >= 0.3 is 12.0 Å². The van der Waals surface area contributed by atoms with Crippen LogP contribution in [0.15, 0.2) is 65.6 Å². The number of nitrogens with zero attached hydrogens (tertiary/aromatic N) is 1. The van der Waals surface area contributed by atoms with Crippen molar-refractivity contribution in [2.75, 3.05) is 13.1 Å². The van der Waals surface area contributed by atoms with E-state index < -0.39 is 39.9 Å². The van der Waals surface area contributed by atoms with Crippen molar-refractivity contribution >= 4 is 27.9 Å². The lowest BCUT2D eigenvalue weighted by Gasteiger charge is -2.49. The molecule has 3 fully saturated rings.